The molecule has 0 unspecified atom stereocenters. The van der Waals surface area contributed by atoms with Crippen LogP contribution in [0, 0.1) is 6.92 Å². The summed E-state index contributed by atoms with van der Waals surface area (Å²) in [6.45, 7) is 1.94. The molecule has 8 heteroatoms. The van der Waals surface area contributed by atoms with E-state index in [1.54, 1.807) is 18.2 Å². The van der Waals surface area contributed by atoms with Crippen LogP contribution in [0.3, 0.4) is 0 Å². The highest BCUT2D eigenvalue weighted by Crippen LogP contribution is 2.45. The molecule has 0 saturated heterocycles. The standard InChI is InChI=1S/C22H18F3NO2S2/c1-12-2-9-19(29-12)17-8-6-15(22(23,24)25)11-18(17)26-30-20-10-14(21(27)28)5-7-16(20)13-3-4-13/h2,5-11,13,26H,3-4H2,1H3,(H,27,28). The number of hydrogen-bond acceptors (Lipinski definition) is 4. The molecule has 3 aromatic rings. The zero-order chi connectivity index (χ0) is 21.5. The summed E-state index contributed by atoms with van der Waals surface area (Å²) in [6.07, 6.45) is -2.39. The van der Waals surface area contributed by atoms with Gasteiger partial charge in [0.1, 0.15) is 0 Å². The summed E-state index contributed by atoms with van der Waals surface area (Å²) < 4.78 is 42.9. The van der Waals surface area contributed by atoms with Gasteiger partial charge in [0, 0.05) is 20.2 Å². The second kappa shape index (κ2) is 8.00. The Labute approximate surface area is 180 Å². The molecule has 1 aromatic heterocycles. The summed E-state index contributed by atoms with van der Waals surface area (Å²) in [4.78, 5) is 14.0. The summed E-state index contributed by atoms with van der Waals surface area (Å²) in [7, 11) is 0. The largest absolute Gasteiger partial charge is 0.478 e. The molecule has 1 aliphatic carbocycles. The number of aromatic carboxylic acids is 1. The highest BCUT2D eigenvalue weighted by Gasteiger charge is 2.31. The monoisotopic (exact) mass is 449 g/mol. The van der Waals surface area contributed by atoms with Gasteiger partial charge >= 0.3 is 12.1 Å². The second-order valence-electron chi connectivity index (χ2n) is 7.20. The first-order valence-corrected chi connectivity index (χ1v) is 10.9. The van der Waals surface area contributed by atoms with Crippen molar-refractivity contribution < 1.29 is 23.1 Å². The van der Waals surface area contributed by atoms with Gasteiger partial charge in [-0.05, 0) is 79.6 Å². The third-order valence-corrected chi connectivity index (χ3v) is 6.83. The Bertz CT molecular complexity index is 1100. The van der Waals surface area contributed by atoms with Gasteiger partial charge in [-0.25, -0.2) is 4.79 Å². The third kappa shape index (κ3) is 4.49. The topological polar surface area (TPSA) is 49.3 Å². The van der Waals surface area contributed by atoms with E-state index in [0.717, 1.165) is 57.1 Å². The maximum Gasteiger partial charge on any atom is 0.416 e. The van der Waals surface area contributed by atoms with Crippen LogP contribution < -0.4 is 4.72 Å². The SMILES string of the molecule is Cc1ccc(-c2ccc(C(F)(F)F)cc2NSc2cc(C(=O)O)ccc2C2CC2)s1. The number of halogens is 3. The molecule has 3 nitrogen and oxygen atoms in total. The van der Waals surface area contributed by atoms with Crippen molar-refractivity contribution in [3.8, 4) is 10.4 Å². The lowest BCUT2D eigenvalue weighted by molar-refractivity contribution is -0.137. The first-order chi connectivity index (χ1) is 14.2. The van der Waals surface area contributed by atoms with Gasteiger partial charge in [-0.2, -0.15) is 13.2 Å². The Morgan fingerprint density at radius 1 is 1.13 bits per heavy atom. The Balaban J connectivity index is 1.70. The van der Waals surface area contributed by atoms with Crippen LogP contribution in [0.25, 0.3) is 10.4 Å². The van der Waals surface area contributed by atoms with E-state index in [0.29, 0.717) is 17.2 Å². The van der Waals surface area contributed by atoms with E-state index < -0.39 is 17.7 Å². The van der Waals surface area contributed by atoms with Gasteiger partial charge in [-0.3, -0.25) is 0 Å². The number of benzene rings is 2. The summed E-state index contributed by atoms with van der Waals surface area (Å²) in [6, 6.07) is 12.4. The van der Waals surface area contributed by atoms with Gasteiger partial charge < -0.3 is 9.83 Å². The highest BCUT2D eigenvalue weighted by atomic mass is 32.2. The van der Waals surface area contributed by atoms with Crippen LogP contribution in [0.5, 0.6) is 0 Å². The minimum atomic E-state index is -4.45. The molecule has 4 rings (SSSR count). The Morgan fingerprint density at radius 2 is 1.90 bits per heavy atom. The number of alkyl halides is 3. The average Bonchev–Trinajstić information content (AvgIpc) is 3.45. The van der Waals surface area contributed by atoms with E-state index in [2.05, 4.69) is 4.72 Å². The van der Waals surface area contributed by atoms with E-state index in [1.165, 1.54) is 17.4 Å². The molecule has 1 fully saturated rings. The van der Waals surface area contributed by atoms with Crippen molar-refractivity contribution in [2.75, 3.05) is 4.72 Å². The average molecular weight is 450 g/mol. The Hall–Kier alpha value is -2.45. The van der Waals surface area contributed by atoms with E-state index in [-0.39, 0.29) is 5.56 Å². The van der Waals surface area contributed by atoms with E-state index in [1.807, 2.05) is 19.1 Å². The predicted molar refractivity (Wildman–Crippen MR) is 114 cm³/mol. The molecule has 1 aliphatic rings. The molecule has 0 amide bonds. The maximum atomic E-state index is 13.3. The molecule has 1 heterocycles. The summed E-state index contributed by atoms with van der Waals surface area (Å²) in [5, 5.41) is 9.31. The molecule has 0 bridgehead atoms. The second-order valence-corrected chi connectivity index (χ2v) is 9.34. The first kappa shape index (κ1) is 20.8. The van der Waals surface area contributed by atoms with Crippen molar-refractivity contribution in [3.63, 3.8) is 0 Å². The number of aryl methyl sites for hydroxylation is 1. The number of nitrogens with one attached hydrogen (secondary N) is 1. The molecule has 0 radical (unpaired) electrons. The van der Waals surface area contributed by atoms with Gasteiger partial charge in [-0.15, -0.1) is 11.3 Å². The van der Waals surface area contributed by atoms with Crippen molar-refractivity contribution in [2.45, 2.75) is 36.8 Å². The van der Waals surface area contributed by atoms with Gasteiger partial charge in [0.05, 0.1) is 16.8 Å². The minimum absolute atomic E-state index is 0.154. The van der Waals surface area contributed by atoms with Crippen molar-refractivity contribution >= 4 is 34.9 Å². The quantitative estimate of drug-likeness (QED) is 0.384. The molecule has 0 aliphatic heterocycles. The van der Waals surface area contributed by atoms with Crippen LogP contribution in [0.15, 0.2) is 53.4 Å². The fourth-order valence-corrected chi connectivity index (χ4v) is 5.03. The molecule has 0 spiro atoms. The normalized spacial score (nSPS) is 14.0. The number of thiophene rings is 1. The van der Waals surface area contributed by atoms with Crippen LogP contribution in [0.2, 0.25) is 0 Å². The number of carboxylic acids is 1. The summed E-state index contributed by atoms with van der Waals surface area (Å²) in [5.41, 5.74) is 1.47. The molecule has 1 saturated carbocycles. The Kier molecular flexibility index (Phi) is 5.55. The van der Waals surface area contributed by atoms with Crippen molar-refractivity contribution in [2.24, 2.45) is 0 Å². The zero-order valence-corrected chi connectivity index (χ0v) is 17.5. The lowest BCUT2D eigenvalue weighted by Gasteiger charge is -2.16. The van der Waals surface area contributed by atoms with Gasteiger partial charge in [0.15, 0.2) is 0 Å². The summed E-state index contributed by atoms with van der Waals surface area (Å²) in [5.74, 6) is -0.661. The molecular formula is C22H18F3NO2S2. The highest BCUT2D eigenvalue weighted by molar-refractivity contribution is 8.00. The molecule has 2 aromatic carbocycles. The van der Waals surface area contributed by atoms with Crippen LogP contribution in [-0.4, -0.2) is 11.1 Å². The number of carboxylic acid groups (broad SMARTS) is 1. The van der Waals surface area contributed by atoms with Gasteiger partial charge in [0.25, 0.3) is 0 Å². The van der Waals surface area contributed by atoms with Crippen LogP contribution in [0.1, 0.15) is 45.1 Å². The smallest absolute Gasteiger partial charge is 0.416 e. The maximum absolute atomic E-state index is 13.3. The van der Waals surface area contributed by atoms with Gasteiger partial charge in [0.2, 0.25) is 0 Å². The molecule has 30 heavy (non-hydrogen) atoms. The number of carbonyl (C=O) groups is 1. The fourth-order valence-electron chi connectivity index (χ4n) is 3.20. The van der Waals surface area contributed by atoms with Crippen LogP contribution in [-0.2, 0) is 6.18 Å². The van der Waals surface area contributed by atoms with Crippen LogP contribution >= 0.6 is 23.3 Å². The van der Waals surface area contributed by atoms with Crippen molar-refractivity contribution in [3.05, 3.63) is 70.1 Å². The zero-order valence-electron chi connectivity index (χ0n) is 15.9. The molecule has 156 valence electrons. The van der Waals surface area contributed by atoms with Crippen LogP contribution in [0.4, 0.5) is 18.9 Å². The number of rotatable bonds is 6. The lowest BCUT2D eigenvalue weighted by atomic mass is 10.1. The first-order valence-electron chi connectivity index (χ1n) is 9.30. The summed E-state index contributed by atoms with van der Waals surface area (Å²) >= 11 is 2.67. The van der Waals surface area contributed by atoms with E-state index in [9.17, 15) is 23.1 Å². The van der Waals surface area contributed by atoms with E-state index in [4.69, 9.17) is 0 Å². The molecular weight excluding hydrogens is 431 g/mol. The Morgan fingerprint density at radius 3 is 2.50 bits per heavy atom. The molecule has 2 N–H and O–H groups in total. The predicted octanol–water partition coefficient (Wildman–Crippen LogP) is 7.44. The van der Waals surface area contributed by atoms with Crippen molar-refractivity contribution in [1.29, 1.82) is 0 Å². The third-order valence-electron chi connectivity index (χ3n) is 4.90. The number of anilines is 1. The van der Waals surface area contributed by atoms with Crippen molar-refractivity contribution in [1.82, 2.24) is 0 Å². The lowest BCUT2D eigenvalue weighted by Crippen LogP contribution is -2.06. The number of hydrogen-bond donors (Lipinski definition) is 2. The van der Waals surface area contributed by atoms with E-state index >= 15 is 0 Å². The minimum Gasteiger partial charge on any atom is -0.478 e. The fraction of sp³-hybridized carbons (Fsp3) is 0.227. The van der Waals surface area contributed by atoms with Gasteiger partial charge in [-0.1, -0.05) is 12.1 Å². The molecule has 0 atom stereocenters.